The number of rotatable bonds is 2. The maximum atomic E-state index is 5.40. The predicted molar refractivity (Wildman–Crippen MR) is 64.5 cm³/mol. The molecule has 88 valence electrons. The highest BCUT2D eigenvalue weighted by molar-refractivity contribution is 5.79. The van der Waals surface area contributed by atoms with Gasteiger partial charge in [0.15, 0.2) is 0 Å². The molecule has 1 aliphatic rings. The SMILES string of the molecule is CCN=C(NN)NC1CCCCCCC1. The fourth-order valence-electron chi connectivity index (χ4n) is 2.08. The summed E-state index contributed by atoms with van der Waals surface area (Å²) in [6.07, 6.45) is 9.26. The third kappa shape index (κ3) is 5.02. The quantitative estimate of drug-likeness (QED) is 0.281. The summed E-state index contributed by atoms with van der Waals surface area (Å²) in [6.45, 7) is 2.77. The van der Waals surface area contributed by atoms with Crippen molar-refractivity contribution >= 4 is 5.96 Å². The maximum absolute atomic E-state index is 5.40. The Labute approximate surface area is 92.7 Å². The minimum Gasteiger partial charge on any atom is -0.353 e. The van der Waals surface area contributed by atoms with Crippen molar-refractivity contribution in [3.63, 3.8) is 0 Å². The van der Waals surface area contributed by atoms with Gasteiger partial charge in [0.05, 0.1) is 0 Å². The van der Waals surface area contributed by atoms with Crippen LogP contribution in [0.2, 0.25) is 0 Å². The van der Waals surface area contributed by atoms with E-state index in [1.54, 1.807) is 0 Å². The van der Waals surface area contributed by atoms with Gasteiger partial charge in [-0.1, -0.05) is 32.1 Å². The molecular weight excluding hydrogens is 188 g/mol. The van der Waals surface area contributed by atoms with Crippen LogP contribution < -0.4 is 16.6 Å². The average Bonchev–Trinajstić information content (AvgIpc) is 2.20. The lowest BCUT2D eigenvalue weighted by Gasteiger charge is -2.22. The van der Waals surface area contributed by atoms with Crippen LogP contribution in [0.4, 0.5) is 0 Å². The van der Waals surface area contributed by atoms with Crippen LogP contribution in [0.5, 0.6) is 0 Å². The van der Waals surface area contributed by atoms with E-state index in [1.807, 2.05) is 6.92 Å². The maximum Gasteiger partial charge on any atom is 0.205 e. The molecule has 4 heteroatoms. The van der Waals surface area contributed by atoms with E-state index in [0.717, 1.165) is 12.5 Å². The Morgan fingerprint density at radius 1 is 1.20 bits per heavy atom. The first-order valence-electron chi connectivity index (χ1n) is 6.14. The smallest absolute Gasteiger partial charge is 0.205 e. The summed E-state index contributed by atoms with van der Waals surface area (Å²) in [6, 6.07) is 0.548. The van der Waals surface area contributed by atoms with Gasteiger partial charge in [-0.3, -0.25) is 10.4 Å². The Morgan fingerprint density at radius 2 is 1.80 bits per heavy atom. The van der Waals surface area contributed by atoms with Gasteiger partial charge in [-0.15, -0.1) is 0 Å². The van der Waals surface area contributed by atoms with E-state index in [2.05, 4.69) is 15.7 Å². The summed E-state index contributed by atoms with van der Waals surface area (Å²) < 4.78 is 0. The molecule has 4 nitrogen and oxygen atoms in total. The Bertz CT molecular complexity index is 183. The van der Waals surface area contributed by atoms with Crippen LogP contribution in [0.15, 0.2) is 4.99 Å². The fourth-order valence-corrected chi connectivity index (χ4v) is 2.08. The van der Waals surface area contributed by atoms with Crippen molar-refractivity contribution in [3.8, 4) is 0 Å². The number of hydrazine groups is 1. The van der Waals surface area contributed by atoms with Crippen LogP contribution in [-0.4, -0.2) is 18.5 Å². The lowest BCUT2D eigenvalue weighted by Crippen LogP contribution is -2.46. The van der Waals surface area contributed by atoms with Gasteiger partial charge in [-0.05, 0) is 19.8 Å². The van der Waals surface area contributed by atoms with Crippen LogP contribution in [0.25, 0.3) is 0 Å². The van der Waals surface area contributed by atoms with Crippen molar-refractivity contribution in [2.45, 2.75) is 57.9 Å². The number of hydrogen-bond acceptors (Lipinski definition) is 2. The second-order valence-corrected chi connectivity index (χ2v) is 4.15. The number of nitrogens with zero attached hydrogens (tertiary/aromatic N) is 1. The van der Waals surface area contributed by atoms with Gasteiger partial charge in [0.2, 0.25) is 5.96 Å². The van der Waals surface area contributed by atoms with Gasteiger partial charge in [-0.2, -0.15) is 0 Å². The summed E-state index contributed by atoms with van der Waals surface area (Å²) in [4.78, 5) is 4.26. The van der Waals surface area contributed by atoms with E-state index < -0.39 is 0 Å². The Balaban J connectivity index is 2.36. The van der Waals surface area contributed by atoms with Crippen LogP contribution in [0.3, 0.4) is 0 Å². The molecular formula is C11H24N4. The second kappa shape index (κ2) is 7.51. The third-order valence-corrected chi connectivity index (χ3v) is 2.90. The molecule has 0 amide bonds. The number of aliphatic imine (C=N–C) groups is 1. The summed E-state index contributed by atoms with van der Waals surface area (Å²) in [5, 5.41) is 3.39. The van der Waals surface area contributed by atoms with Gasteiger partial charge in [-0.25, -0.2) is 5.84 Å². The topological polar surface area (TPSA) is 62.4 Å². The molecule has 0 aliphatic heterocycles. The van der Waals surface area contributed by atoms with Crippen molar-refractivity contribution < 1.29 is 0 Å². The molecule has 4 N–H and O–H groups in total. The van der Waals surface area contributed by atoms with Crippen molar-refractivity contribution in [3.05, 3.63) is 0 Å². The number of guanidine groups is 1. The molecule has 0 radical (unpaired) electrons. The predicted octanol–water partition coefficient (Wildman–Crippen LogP) is 1.53. The van der Waals surface area contributed by atoms with Gasteiger partial charge < -0.3 is 5.32 Å². The third-order valence-electron chi connectivity index (χ3n) is 2.90. The first-order valence-corrected chi connectivity index (χ1v) is 6.14. The first-order chi connectivity index (χ1) is 7.36. The standard InChI is InChI=1S/C11H24N4/c1-2-13-11(15-12)14-10-8-6-4-3-5-7-9-10/h10H,2-9,12H2,1H3,(H2,13,14,15). The molecule has 1 rings (SSSR count). The number of hydrogen-bond donors (Lipinski definition) is 3. The largest absolute Gasteiger partial charge is 0.353 e. The molecule has 0 saturated heterocycles. The monoisotopic (exact) mass is 212 g/mol. The van der Waals surface area contributed by atoms with Crippen molar-refractivity contribution in [2.24, 2.45) is 10.8 Å². The Hall–Kier alpha value is -0.770. The zero-order valence-electron chi connectivity index (χ0n) is 9.76. The van der Waals surface area contributed by atoms with Gasteiger partial charge >= 0.3 is 0 Å². The van der Waals surface area contributed by atoms with E-state index in [-0.39, 0.29) is 0 Å². The Kier molecular flexibility index (Phi) is 6.16. The molecule has 0 unspecified atom stereocenters. The lowest BCUT2D eigenvalue weighted by molar-refractivity contribution is 0.425. The highest BCUT2D eigenvalue weighted by atomic mass is 15.3. The molecule has 0 aromatic carbocycles. The molecule has 0 bridgehead atoms. The summed E-state index contributed by atoms with van der Waals surface area (Å²) in [5.41, 5.74) is 2.63. The van der Waals surface area contributed by atoms with Gasteiger partial charge in [0.25, 0.3) is 0 Å². The van der Waals surface area contributed by atoms with E-state index in [0.29, 0.717) is 6.04 Å². The molecule has 1 aliphatic carbocycles. The van der Waals surface area contributed by atoms with E-state index in [4.69, 9.17) is 5.84 Å². The molecule has 0 spiro atoms. The van der Waals surface area contributed by atoms with Crippen molar-refractivity contribution in [1.29, 1.82) is 0 Å². The van der Waals surface area contributed by atoms with E-state index >= 15 is 0 Å². The summed E-state index contributed by atoms with van der Waals surface area (Å²) >= 11 is 0. The summed E-state index contributed by atoms with van der Waals surface area (Å²) in [7, 11) is 0. The van der Waals surface area contributed by atoms with Crippen LogP contribution in [0.1, 0.15) is 51.9 Å². The second-order valence-electron chi connectivity index (χ2n) is 4.15. The minimum atomic E-state index is 0.548. The highest BCUT2D eigenvalue weighted by Gasteiger charge is 2.11. The van der Waals surface area contributed by atoms with Crippen LogP contribution >= 0.6 is 0 Å². The Morgan fingerprint density at radius 3 is 2.33 bits per heavy atom. The molecule has 1 saturated carbocycles. The van der Waals surface area contributed by atoms with Gasteiger partial charge in [0, 0.05) is 12.6 Å². The molecule has 0 aromatic rings. The number of nitrogens with one attached hydrogen (secondary N) is 2. The van der Waals surface area contributed by atoms with Crippen molar-refractivity contribution in [1.82, 2.24) is 10.7 Å². The summed E-state index contributed by atoms with van der Waals surface area (Å²) in [5.74, 6) is 6.14. The molecule has 1 fully saturated rings. The van der Waals surface area contributed by atoms with Gasteiger partial charge in [0.1, 0.15) is 0 Å². The number of nitrogens with two attached hydrogens (primary N) is 1. The van der Waals surface area contributed by atoms with Crippen molar-refractivity contribution in [2.75, 3.05) is 6.54 Å². The average molecular weight is 212 g/mol. The minimum absolute atomic E-state index is 0.548. The lowest BCUT2D eigenvalue weighted by atomic mass is 9.97. The van der Waals surface area contributed by atoms with E-state index in [1.165, 1.54) is 44.9 Å². The molecule has 0 atom stereocenters. The van der Waals surface area contributed by atoms with E-state index in [9.17, 15) is 0 Å². The normalized spacial score (nSPS) is 20.5. The molecule has 0 aromatic heterocycles. The zero-order chi connectivity index (χ0) is 10.9. The zero-order valence-corrected chi connectivity index (χ0v) is 9.76. The van der Waals surface area contributed by atoms with Crippen LogP contribution in [-0.2, 0) is 0 Å². The first kappa shape index (κ1) is 12.3. The molecule has 0 heterocycles. The van der Waals surface area contributed by atoms with Crippen LogP contribution in [0, 0.1) is 0 Å². The highest BCUT2D eigenvalue weighted by Crippen LogP contribution is 2.16. The molecule has 15 heavy (non-hydrogen) atoms. The fraction of sp³-hybridized carbons (Fsp3) is 0.909.